The van der Waals surface area contributed by atoms with Crippen molar-refractivity contribution in [3.05, 3.63) is 58.0 Å². The van der Waals surface area contributed by atoms with Gasteiger partial charge in [0.1, 0.15) is 22.8 Å². The third-order valence-electron chi connectivity index (χ3n) is 7.19. The van der Waals surface area contributed by atoms with E-state index in [9.17, 15) is 44.7 Å². The molecular weight excluding hydrogens is 460 g/mol. The minimum absolute atomic E-state index is 0.0193. The molecule has 0 radical (unpaired) electrons. The van der Waals surface area contributed by atoms with E-state index in [0.29, 0.717) is 11.1 Å². The third-order valence-corrected chi connectivity index (χ3v) is 7.19. The molecule has 3 aliphatic carbocycles. The van der Waals surface area contributed by atoms with Crippen molar-refractivity contribution >= 4 is 29.2 Å². The van der Waals surface area contributed by atoms with Gasteiger partial charge in [-0.1, -0.05) is 0 Å². The summed E-state index contributed by atoms with van der Waals surface area (Å²) >= 11 is 0. The van der Waals surface area contributed by atoms with Crippen LogP contribution in [0.4, 0.5) is 0 Å². The lowest BCUT2D eigenvalue weighted by Gasteiger charge is -2.46. The molecular formula is C24H20N2O9. The second-order valence-corrected chi connectivity index (χ2v) is 8.96. The molecule has 1 aromatic carbocycles. The van der Waals surface area contributed by atoms with Crippen LogP contribution in [0.25, 0.3) is 17.0 Å². The average Bonchev–Trinajstić information content (AvgIpc) is 3.26. The van der Waals surface area contributed by atoms with E-state index in [1.807, 2.05) is 0 Å². The van der Waals surface area contributed by atoms with Gasteiger partial charge in [0.25, 0.3) is 5.91 Å². The quantitative estimate of drug-likeness (QED) is 0.313. The number of primary amides is 1. The van der Waals surface area contributed by atoms with Crippen LogP contribution in [0.2, 0.25) is 0 Å². The second kappa shape index (κ2) is 7.31. The molecule has 0 aliphatic heterocycles. The predicted octanol–water partition coefficient (Wildman–Crippen LogP) is 1.12. The molecule has 2 aromatic rings. The fraction of sp³-hybridized carbons (Fsp3) is 0.250. The number of Topliss-reactive ketones (excluding diaryl/α,β-unsaturated/α-hetero) is 2. The number of H-pyrrole nitrogens is 1. The number of rotatable bonds is 3. The Kier molecular flexibility index (Phi) is 4.68. The van der Waals surface area contributed by atoms with Crippen molar-refractivity contribution < 1.29 is 44.7 Å². The van der Waals surface area contributed by atoms with Gasteiger partial charge in [-0.3, -0.25) is 14.4 Å². The molecule has 3 atom stereocenters. The lowest BCUT2D eigenvalue weighted by atomic mass is 9.59. The molecule has 35 heavy (non-hydrogen) atoms. The predicted molar refractivity (Wildman–Crippen MR) is 118 cm³/mol. The number of hydrogen-bond donors (Lipinski definition) is 7. The highest BCUT2D eigenvalue weighted by atomic mass is 16.4. The largest absolute Gasteiger partial charge is 0.508 e. The first-order valence-electron chi connectivity index (χ1n) is 10.7. The number of benzene rings is 1. The molecule has 1 saturated carbocycles. The summed E-state index contributed by atoms with van der Waals surface area (Å²) in [5, 5.41) is 53.0. The van der Waals surface area contributed by atoms with Crippen LogP contribution in [0.3, 0.4) is 0 Å². The number of carboxylic acid groups (broad SMARTS) is 1. The number of aromatic nitrogens is 1. The first kappa shape index (κ1) is 22.4. The summed E-state index contributed by atoms with van der Waals surface area (Å²) in [6, 6.07) is 4.10. The van der Waals surface area contributed by atoms with Gasteiger partial charge in [0.05, 0.1) is 16.8 Å². The number of aliphatic hydroxyl groups excluding tert-OH is 2. The van der Waals surface area contributed by atoms with Gasteiger partial charge in [-0.05, 0) is 42.5 Å². The van der Waals surface area contributed by atoms with Crippen molar-refractivity contribution in [2.45, 2.75) is 24.9 Å². The number of aromatic amines is 1. The van der Waals surface area contributed by atoms with E-state index in [1.54, 1.807) is 0 Å². The van der Waals surface area contributed by atoms with Crippen molar-refractivity contribution in [3.63, 3.8) is 0 Å². The van der Waals surface area contributed by atoms with Gasteiger partial charge in [0, 0.05) is 29.7 Å². The molecule has 0 unspecified atom stereocenters. The van der Waals surface area contributed by atoms with Crippen LogP contribution in [-0.4, -0.2) is 59.6 Å². The summed E-state index contributed by atoms with van der Waals surface area (Å²) in [4.78, 5) is 52.1. The Morgan fingerprint density at radius 3 is 2.46 bits per heavy atom. The number of aromatic carboxylic acids is 1. The van der Waals surface area contributed by atoms with Crippen molar-refractivity contribution in [3.8, 4) is 17.0 Å². The average molecular weight is 480 g/mol. The van der Waals surface area contributed by atoms with Crippen LogP contribution in [0, 0.1) is 11.8 Å². The fourth-order valence-electron chi connectivity index (χ4n) is 5.63. The van der Waals surface area contributed by atoms with E-state index < -0.39 is 64.4 Å². The van der Waals surface area contributed by atoms with Crippen LogP contribution in [0.5, 0.6) is 5.75 Å². The molecule has 1 fully saturated rings. The summed E-state index contributed by atoms with van der Waals surface area (Å²) in [7, 11) is 0. The van der Waals surface area contributed by atoms with Gasteiger partial charge in [-0.2, -0.15) is 0 Å². The highest BCUT2D eigenvalue weighted by Crippen LogP contribution is 2.53. The number of fused-ring (bicyclic) bond motifs is 3. The van der Waals surface area contributed by atoms with E-state index >= 15 is 0 Å². The van der Waals surface area contributed by atoms with E-state index in [-0.39, 0.29) is 41.0 Å². The van der Waals surface area contributed by atoms with E-state index in [2.05, 4.69) is 4.98 Å². The van der Waals surface area contributed by atoms with Gasteiger partial charge >= 0.3 is 5.97 Å². The lowest BCUT2D eigenvalue weighted by molar-refractivity contribution is -0.147. The number of ketones is 2. The fourth-order valence-corrected chi connectivity index (χ4v) is 5.63. The number of nitrogens with one attached hydrogen (secondary N) is 1. The summed E-state index contributed by atoms with van der Waals surface area (Å²) < 4.78 is 0. The summed E-state index contributed by atoms with van der Waals surface area (Å²) in [6.07, 6.45) is 1.06. The standard InChI is InChI=1S/C24H20N2O9/c25-22(32)17-14(28)7-9-5-8-6-12-10(18-11(23(33)34)3-4-26-18)1-2-13(27)16(12)19(29)15(8)20(30)24(9,35)21(17)31/h1-4,8-9,26-27,29,31,35H,5-7H2,(H2,25,32)(H,33,34)/t8-,9+,24+/m1/s1. The highest BCUT2D eigenvalue weighted by Gasteiger charge is 2.60. The molecule has 11 nitrogen and oxygen atoms in total. The number of carbonyl (C=O) groups is 4. The Hall–Kier alpha value is -4.38. The van der Waals surface area contributed by atoms with Gasteiger partial charge in [-0.15, -0.1) is 0 Å². The van der Waals surface area contributed by atoms with Crippen LogP contribution in [0.1, 0.15) is 34.3 Å². The number of carbonyl (C=O) groups excluding carboxylic acids is 3. The molecule has 8 N–H and O–H groups in total. The molecule has 11 heteroatoms. The molecule has 0 bridgehead atoms. The number of carboxylic acids is 1. The first-order valence-corrected chi connectivity index (χ1v) is 10.7. The topological polar surface area (TPSA) is 211 Å². The second-order valence-electron chi connectivity index (χ2n) is 8.96. The van der Waals surface area contributed by atoms with E-state index in [0.717, 1.165) is 0 Å². The molecule has 180 valence electrons. The minimum Gasteiger partial charge on any atom is -0.508 e. The maximum Gasteiger partial charge on any atom is 0.337 e. The maximum atomic E-state index is 13.5. The number of hydrogen-bond acceptors (Lipinski definition) is 8. The lowest BCUT2D eigenvalue weighted by Crippen LogP contribution is -2.58. The van der Waals surface area contributed by atoms with Crippen molar-refractivity contribution in [2.75, 3.05) is 0 Å². The normalized spacial score (nSPS) is 25.7. The molecule has 3 aliphatic rings. The Morgan fingerprint density at radius 2 is 1.80 bits per heavy atom. The minimum atomic E-state index is -2.64. The molecule has 0 saturated heterocycles. The Labute approximate surface area is 196 Å². The Bertz CT molecular complexity index is 1430. The maximum absolute atomic E-state index is 13.5. The molecule has 1 heterocycles. The zero-order valence-electron chi connectivity index (χ0n) is 18.0. The van der Waals surface area contributed by atoms with Gasteiger partial charge < -0.3 is 36.3 Å². The number of amides is 1. The van der Waals surface area contributed by atoms with E-state index in [4.69, 9.17) is 5.73 Å². The number of aromatic hydroxyl groups is 1. The highest BCUT2D eigenvalue weighted by molar-refractivity contribution is 6.22. The third kappa shape index (κ3) is 2.88. The smallest absolute Gasteiger partial charge is 0.337 e. The zero-order chi connectivity index (χ0) is 25.4. The van der Waals surface area contributed by atoms with Crippen molar-refractivity contribution in [1.29, 1.82) is 0 Å². The summed E-state index contributed by atoms with van der Waals surface area (Å²) in [5.41, 5.74) is 2.27. The summed E-state index contributed by atoms with van der Waals surface area (Å²) in [5.74, 6) is -8.35. The molecule has 5 rings (SSSR count). The van der Waals surface area contributed by atoms with Gasteiger partial charge in [0.2, 0.25) is 5.78 Å². The molecule has 1 amide bonds. The number of phenolic OH excluding ortho intramolecular Hbond substituents is 1. The number of aliphatic hydroxyl groups is 3. The van der Waals surface area contributed by atoms with Crippen LogP contribution >= 0.6 is 0 Å². The zero-order valence-corrected chi connectivity index (χ0v) is 18.0. The Morgan fingerprint density at radius 1 is 1.09 bits per heavy atom. The molecule has 0 spiro atoms. The molecule has 1 aromatic heterocycles. The SMILES string of the molecule is NC(=O)C1=C(O)[C@@]2(O)C(=O)C3=C(O)c4c(O)ccc(-c5[nH]ccc5C(=O)O)c4C[C@H]3C[C@H]2CC1=O. The van der Waals surface area contributed by atoms with Gasteiger partial charge in [-0.25, -0.2) is 4.79 Å². The Balaban J connectivity index is 1.72. The van der Waals surface area contributed by atoms with Crippen LogP contribution in [0.15, 0.2) is 41.3 Å². The van der Waals surface area contributed by atoms with Crippen molar-refractivity contribution in [1.82, 2.24) is 4.98 Å². The van der Waals surface area contributed by atoms with Gasteiger partial charge in [0.15, 0.2) is 11.4 Å². The summed E-state index contributed by atoms with van der Waals surface area (Å²) in [6.45, 7) is 0. The number of nitrogens with two attached hydrogens (primary N) is 1. The first-order chi connectivity index (χ1) is 16.5. The van der Waals surface area contributed by atoms with Crippen LogP contribution < -0.4 is 5.73 Å². The van der Waals surface area contributed by atoms with Crippen LogP contribution in [-0.2, 0) is 20.8 Å². The van der Waals surface area contributed by atoms with E-state index in [1.165, 1.54) is 24.4 Å². The van der Waals surface area contributed by atoms with Crippen molar-refractivity contribution in [2.24, 2.45) is 17.6 Å². The number of phenols is 1. The monoisotopic (exact) mass is 480 g/mol.